The molecule has 1 unspecified atom stereocenters. The molecule has 0 aliphatic rings. The summed E-state index contributed by atoms with van der Waals surface area (Å²) < 4.78 is 41.5. The van der Waals surface area contributed by atoms with Crippen molar-refractivity contribution in [2.45, 2.75) is 6.17 Å². The second-order valence-corrected chi connectivity index (χ2v) is 7.88. The molecule has 0 radical (unpaired) electrons. The van der Waals surface area contributed by atoms with Crippen molar-refractivity contribution >= 4 is 17.4 Å². The Bertz CT molecular complexity index is 1550. The van der Waals surface area contributed by atoms with E-state index in [4.69, 9.17) is 14.9 Å². The van der Waals surface area contributed by atoms with E-state index in [0.717, 1.165) is 4.68 Å². The third-order valence-electron chi connectivity index (χ3n) is 5.56. The molecule has 11 heteroatoms. The van der Waals surface area contributed by atoms with Crippen LogP contribution >= 0.6 is 0 Å². The highest BCUT2D eigenvalue weighted by Crippen LogP contribution is 2.32. The van der Waals surface area contributed by atoms with Crippen molar-refractivity contribution < 1.29 is 22.7 Å². The summed E-state index contributed by atoms with van der Waals surface area (Å²) in [5, 5.41) is 14.3. The molecule has 9 nitrogen and oxygen atoms in total. The Morgan fingerprint density at radius 1 is 1.03 bits per heavy atom. The molecule has 1 amide bonds. The number of hydrogen-bond donors (Lipinski definition) is 2. The summed E-state index contributed by atoms with van der Waals surface area (Å²) in [6.07, 6.45) is -1.72. The minimum absolute atomic E-state index is 0.117. The molecule has 0 saturated heterocycles. The highest BCUT2D eigenvalue weighted by molar-refractivity contribution is 6.05. The fourth-order valence-electron chi connectivity index (χ4n) is 3.64. The maximum Gasteiger partial charge on any atom is 0.256 e. The second-order valence-electron chi connectivity index (χ2n) is 7.88. The molecule has 3 N–H and O–H groups in total. The Morgan fingerprint density at radius 3 is 2.46 bits per heavy atom. The molecule has 3 aromatic carbocycles. The zero-order valence-electron chi connectivity index (χ0n) is 19.4. The lowest BCUT2D eigenvalue weighted by Crippen LogP contribution is -2.13. The summed E-state index contributed by atoms with van der Waals surface area (Å²) in [6, 6.07) is 21.2. The molecule has 0 saturated carbocycles. The molecule has 0 bridgehead atoms. The number of rotatable bonds is 7. The molecule has 0 fully saturated rings. The van der Waals surface area contributed by atoms with Crippen LogP contribution in [0.1, 0.15) is 28.0 Å². The Hall–Kier alpha value is -5.06. The fourth-order valence-corrected chi connectivity index (χ4v) is 3.64. The first kappa shape index (κ1) is 23.7. The summed E-state index contributed by atoms with van der Waals surface area (Å²) in [4.78, 5) is 12.7. The first-order valence-corrected chi connectivity index (χ1v) is 11.1. The van der Waals surface area contributed by atoms with E-state index in [1.165, 1.54) is 31.4 Å². The summed E-state index contributed by atoms with van der Waals surface area (Å²) in [7, 11) is 1.51. The van der Waals surface area contributed by atoms with Crippen LogP contribution in [0.3, 0.4) is 0 Å². The van der Waals surface area contributed by atoms with Crippen LogP contribution in [0.15, 0.2) is 83.3 Å². The lowest BCUT2D eigenvalue weighted by Gasteiger charge is -2.07. The standard InChI is InChI=1S/C26H20F2N6O3/c1-36-19-10-6-5-9-18(19)25-31-32-26(37-25)20(27)15-11-13-16(14-12-15)24(35)30-23-21(29)22(28)34(33-23)17-7-3-2-4-8-17/h2-14,20H,29H2,1H3,(H,30,33,35). The van der Waals surface area contributed by atoms with Crippen LogP contribution in [0.4, 0.5) is 20.3 Å². The van der Waals surface area contributed by atoms with Crippen molar-refractivity contribution in [3.8, 4) is 22.9 Å². The van der Waals surface area contributed by atoms with Gasteiger partial charge in [0.2, 0.25) is 12.1 Å². The van der Waals surface area contributed by atoms with E-state index in [9.17, 15) is 9.18 Å². The number of nitrogens with zero attached hydrogens (tertiary/aromatic N) is 4. The molecule has 0 spiro atoms. The van der Waals surface area contributed by atoms with Gasteiger partial charge in [-0.3, -0.25) is 4.79 Å². The maximum atomic E-state index is 15.1. The van der Waals surface area contributed by atoms with Gasteiger partial charge in [-0.15, -0.1) is 15.3 Å². The zero-order chi connectivity index (χ0) is 25.9. The van der Waals surface area contributed by atoms with Crippen LogP contribution < -0.4 is 15.8 Å². The van der Waals surface area contributed by atoms with Crippen molar-refractivity contribution in [2.24, 2.45) is 0 Å². The molecule has 5 rings (SSSR count). The number of amides is 1. The molecule has 186 valence electrons. The fraction of sp³-hybridized carbons (Fsp3) is 0.0769. The Kier molecular flexibility index (Phi) is 6.33. The van der Waals surface area contributed by atoms with Crippen LogP contribution in [0.2, 0.25) is 0 Å². The Balaban J connectivity index is 1.31. The van der Waals surface area contributed by atoms with Gasteiger partial charge in [0.05, 0.1) is 18.4 Å². The normalized spacial score (nSPS) is 11.8. The van der Waals surface area contributed by atoms with Crippen molar-refractivity contribution in [2.75, 3.05) is 18.2 Å². The smallest absolute Gasteiger partial charge is 0.256 e. The van der Waals surface area contributed by atoms with Gasteiger partial charge in [-0.2, -0.15) is 4.39 Å². The first-order valence-electron chi connectivity index (χ1n) is 11.1. The lowest BCUT2D eigenvalue weighted by molar-refractivity contribution is 0.102. The van der Waals surface area contributed by atoms with Gasteiger partial charge in [-0.05, 0) is 42.0 Å². The molecule has 0 aliphatic carbocycles. The number of ether oxygens (including phenoxy) is 1. The number of nitrogen functional groups attached to an aromatic ring is 1. The first-order chi connectivity index (χ1) is 18.0. The molecule has 37 heavy (non-hydrogen) atoms. The topological polar surface area (TPSA) is 121 Å². The maximum absolute atomic E-state index is 15.1. The molecule has 2 aromatic heterocycles. The molecule has 1 atom stereocenters. The quantitative estimate of drug-likeness (QED) is 0.323. The SMILES string of the molecule is COc1ccccc1-c1nnc(C(F)c2ccc(C(=O)Nc3nn(-c4ccccc4)c(F)c3N)cc2)o1. The second kappa shape index (κ2) is 9.90. The van der Waals surface area contributed by atoms with E-state index in [2.05, 4.69) is 20.6 Å². The van der Waals surface area contributed by atoms with Gasteiger partial charge >= 0.3 is 0 Å². The van der Waals surface area contributed by atoms with Crippen molar-refractivity contribution in [3.63, 3.8) is 0 Å². The summed E-state index contributed by atoms with van der Waals surface area (Å²) in [6.45, 7) is 0. The largest absolute Gasteiger partial charge is 0.496 e. The van der Waals surface area contributed by atoms with Gasteiger partial charge in [-0.1, -0.05) is 42.5 Å². The predicted molar refractivity (Wildman–Crippen MR) is 132 cm³/mol. The summed E-state index contributed by atoms with van der Waals surface area (Å²) >= 11 is 0. The third kappa shape index (κ3) is 4.61. The van der Waals surface area contributed by atoms with Gasteiger partial charge in [-0.25, -0.2) is 9.07 Å². The van der Waals surface area contributed by atoms with Crippen LogP contribution in [-0.4, -0.2) is 33.0 Å². The van der Waals surface area contributed by atoms with Gasteiger partial charge in [0.25, 0.3) is 17.7 Å². The number of halogens is 2. The minimum atomic E-state index is -1.72. The van der Waals surface area contributed by atoms with Gasteiger partial charge in [0.1, 0.15) is 11.4 Å². The summed E-state index contributed by atoms with van der Waals surface area (Å²) in [5.74, 6) is -1.14. The average molecular weight is 502 g/mol. The van der Waals surface area contributed by atoms with Crippen molar-refractivity contribution in [1.29, 1.82) is 0 Å². The van der Waals surface area contributed by atoms with E-state index >= 15 is 4.39 Å². The molecule has 2 heterocycles. The Morgan fingerprint density at radius 2 is 1.73 bits per heavy atom. The number of nitrogens with one attached hydrogen (secondary N) is 1. The molecular weight excluding hydrogens is 482 g/mol. The monoisotopic (exact) mass is 502 g/mol. The van der Waals surface area contributed by atoms with E-state index in [1.54, 1.807) is 54.6 Å². The van der Waals surface area contributed by atoms with E-state index in [-0.39, 0.29) is 34.4 Å². The third-order valence-corrected chi connectivity index (χ3v) is 5.56. The predicted octanol–water partition coefficient (Wildman–Crippen LogP) is 4.96. The van der Waals surface area contributed by atoms with E-state index < -0.39 is 18.0 Å². The number of benzene rings is 3. The highest BCUT2D eigenvalue weighted by atomic mass is 19.1. The highest BCUT2D eigenvalue weighted by Gasteiger charge is 2.23. The Labute approximate surface area is 209 Å². The van der Waals surface area contributed by atoms with Gasteiger partial charge < -0.3 is 20.2 Å². The number of alkyl halides is 1. The van der Waals surface area contributed by atoms with E-state index in [0.29, 0.717) is 17.0 Å². The number of methoxy groups -OCH3 is 1. The number of anilines is 2. The zero-order valence-corrected chi connectivity index (χ0v) is 19.4. The van der Waals surface area contributed by atoms with Crippen LogP contribution in [0.25, 0.3) is 17.1 Å². The van der Waals surface area contributed by atoms with Crippen molar-refractivity contribution in [3.05, 3.63) is 102 Å². The number of carbonyl (C=O) groups is 1. The number of hydrogen-bond acceptors (Lipinski definition) is 7. The lowest BCUT2D eigenvalue weighted by atomic mass is 10.1. The summed E-state index contributed by atoms with van der Waals surface area (Å²) in [5.41, 5.74) is 6.86. The number of nitrogens with two attached hydrogens (primary N) is 1. The molecular formula is C26H20F2N6O3. The van der Waals surface area contributed by atoms with Crippen molar-refractivity contribution in [1.82, 2.24) is 20.0 Å². The van der Waals surface area contributed by atoms with Crippen LogP contribution in [-0.2, 0) is 0 Å². The van der Waals surface area contributed by atoms with Crippen LogP contribution in [0.5, 0.6) is 5.75 Å². The van der Waals surface area contributed by atoms with Crippen LogP contribution in [0, 0.1) is 5.95 Å². The number of carbonyl (C=O) groups excluding carboxylic acids is 1. The molecule has 5 aromatic rings. The molecule has 0 aliphatic heterocycles. The minimum Gasteiger partial charge on any atom is -0.496 e. The van der Waals surface area contributed by atoms with Gasteiger partial charge in [0, 0.05) is 5.56 Å². The van der Waals surface area contributed by atoms with Gasteiger partial charge in [0.15, 0.2) is 5.82 Å². The average Bonchev–Trinajstić information content (AvgIpc) is 3.54. The number of aromatic nitrogens is 4. The van der Waals surface area contributed by atoms with E-state index in [1.807, 2.05) is 0 Å². The number of para-hydroxylation sites is 2.